The molecule has 0 amide bonds. The van der Waals surface area contributed by atoms with Crippen LogP contribution in [0, 0.1) is 0 Å². The monoisotopic (exact) mass is 284 g/mol. The molecule has 108 valence electrons. The number of nitrogens with two attached hydrogens (primary N) is 1. The molecule has 0 radical (unpaired) electrons. The van der Waals surface area contributed by atoms with E-state index in [-0.39, 0.29) is 5.60 Å². The second kappa shape index (κ2) is 6.24. The molecule has 1 aliphatic heterocycles. The van der Waals surface area contributed by atoms with Crippen LogP contribution in [0.2, 0.25) is 0 Å². The Labute approximate surface area is 119 Å². The van der Waals surface area contributed by atoms with Gasteiger partial charge in [-0.2, -0.15) is 0 Å². The molecule has 1 unspecified atom stereocenters. The van der Waals surface area contributed by atoms with Gasteiger partial charge in [-0.05, 0) is 33.1 Å². The maximum absolute atomic E-state index is 6.00. The van der Waals surface area contributed by atoms with Crippen LogP contribution < -0.4 is 5.73 Å². The summed E-state index contributed by atoms with van der Waals surface area (Å²) in [6.07, 6.45) is 3.65. The van der Waals surface area contributed by atoms with Crippen molar-refractivity contribution in [3.63, 3.8) is 0 Å². The van der Waals surface area contributed by atoms with Gasteiger partial charge in [0.1, 0.15) is 5.82 Å². The predicted molar refractivity (Wildman–Crippen MR) is 77.1 cm³/mol. The minimum atomic E-state index is 0.0325. The average molecular weight is 284 g/mol. The van der Waals surface area contributed by atoms with E-state index in [0.717, 1.165) is 42.5 Å². The highest BCUT2D eigenvalue weighted by Crippen LogP contribution is 2.32. The Morgan fingerprint density at radius 2 is 2.26 bits per heavy atom. The maximum atomic E-state index is 6.00. The van der Waals surface area contributed by atoms with E-state index in [0.29, 0.717) is 12.6 Å². The molecule has 1 aromatic rings. The lowest BCUT2D eigenvalue weighted by Gasteiger charge is -2.18. The first-order valence-corrected chi connectivity index (χ1v) is 7.97. The average Bonchev–Trinajstić information content (AvgIpc) is 2.91. The van der Waals surface area contributed by atoms with E-state index in [9.17, 15) is 0 Å². The molecular formula is C13H24N4OS. The van der Waals surface area contributed by atoms with Gasteiger partial charge in [0.2, 0.25) is 0 Å². The normalized spacial score (nSPS) is 22.0. The van der Waals surface area contributed by atoms with Gasteiger partial charge in [0.25, 0.3) is 0 Å². The molecule has 0 aromatic carbocycles. The van der Waals surface area contributed by atoms with Crippen molar-refractivity contribution in [2.45, 2.75) is 70.0 Å². The smallest absolute Gasteiger partial charge is 0.191 e. The van der Waals surface area contributed by atoms with Gasteiger partial charge in [-0.1, -0.05) is 18.7 Å². The number of rotatable bonds is 6. The first kappa shape index (κ1) is 14.8. The van der Waals surface area contributed by atoms with E-state index in [2.05, 4.69) is 35.5 Å². The fourth-order valence-corrected chi connectivity index (χ4v) is 3.41. The standard InChI is InChI=1S/C13H24N4OS/c1-4-7-17-11(8-14)15-16-12(17)19-9-10-5-6-13(2,3)18-10/h10H,4-9,14H2,1-3H3. The summed E-state index contributed by atoms with van der Waals surface area (Å²) in [4.78, 5) is 0. The molecule has 1 aromatic heterocycles. The summed E-state index contributed by atoms with van der Waals surface area (Å²) in [7, 11) is 0. The van der Waals surface area contributed by atoms with Crippen molar-refractivity contribution in [2.75, 3.05) is 5.75 Å². The van der Waals surface area contributed by atoms with Gasteiger partial charge in [-0.3, -0.25) is 0 Å². The zero-order valence-electron chi connectivity index (χ0n) is 12.1. The van der Waals surface area contributed by atoms with Crippen LogP contribution >= 0.6 is 11.8 Å². The Morgan fingerprint density at radius 1 is 1.47 bits per heavy atom. The van der Waals surface area contributed by atoms with E-state index >= 15 is 0 Å². The van der Waals surface area contributed by atoms with Crippen molar-refractivity contribution >= 4 is 11.8 Å². The minimum Gasteiger partial charge on any atom is -0.371 e. The molecule has 5 nitrogen and oxygen atoms in total. The quantitative estimate of drug-likeness (QED) is 0.811. The van der Waals surface area contributed by atoms with Crippen molar-refractivity contribution in [3.05, 3.63) is 5.82 Å². The van der Waals surface area contributed by atoms with Crippen LogP contribution in [0.5, 0.6) is 0 Å². The summed E-state index contributed by atoms with van der Waals surface area (Å²) >= 11 is 1.73. The van der Waals surface area contributed by atoms with Gasteiger partial charge in [0, 0.05) is 12.3 Å². The molecule has 19 heavy (non-hydrogen) atoms. The largest absolute Gasteiger partial charge is 0.371 e. The van der Waals surface area contributed by atoms with Crippen LogP contribution in [0.15, 0.2) is 5.16 Å². The van der Waals surface area contributed by atoms with E-state index in [4.69, 9.17) is 10.5 Å². The Hall–Kier alpha value is -0.590. The molecule has 2 heterocycles. The minimum absolute atomic E-state index is 0.0325. The van der Waals surface area contributed by atoms with Gasteiger partial charge in [0.05, 0.1) is 18.2 Å². The number of hydrogen-bond acceptors (Lipinski definition) is 5. The first-order chi connectivity index (χ1) is 9.05. The van der Waals surface area contributed by atoms with E-state index in [1.54, 1.807) is 11.8 Å². The lowest BCUT2D eigenvalue weighted by atomic mass is 10.1. The SMILES string of the molecule is CCCn1c(CN)nnc1SCC1CCC(C)(C)O1. The van der Waals surface area contributed by atoms with Gasteiger partial charge < -0.3 is 15.0 Å². The molecule has 6 heteroatoms. The maximum Gasteiger partial charge on any atom is 0.191 e. The molecule has 2 rings (SSSR count). The number of ether oxygens (including phenoxy) is 1. The van der Waals surface area contributed by atoms with Gasteiger partial charge in [-0.25, -0.2) is 0 Å². The molecule has 0 saturated carbocycles. The molecule has 0 bridgehead atoms. The molecule has 1 fully saturated rings. The number of aromatic nitrogens is 3. The Bertz CT molecular complexity index is 419. The van der Waals surface area contributed by atoms with Crippen molar-refractivity contribution < 1.29 is 4.74 Å². The second-order valence-electron chi connectivity index (χ2n) is 5.60. The summed E-state index contributed by atoms with van der Waals surface area (Å²) in [5.41, 5.74) is 5.72. The number of hydrogen-bond donors (Lipinski definition) is 1. The number of nitrogens with zero attached hydrogens (tertiary/aromatic N) is 3. The lowest BCUT2D eigenvalue weighted by Crippen LogP contribution is -2.21. The second-order valence-corrected chi connectivity index (χ2v) is 6.59. The van der Waals surface area contributed by atoms with Crippen molar-refractivity contribution in [1.82, 2.24) is 14.8 Å². The Morgan fingerprint density at radius 3 is 2.84 bits per heavy atom. The lowest BCUT2D eigenvalue weighted by molar-refractivity contribution is -0.00469. The molecule has 1 atom stereocenters. The summed E-state index contributed by atoms with van der Waals surface area (Å²) in [6, 6.07) is 0. The van der Waals surface area contributed by atoms with E-state index in [1.165, 1.54) is 0 Å². The highest BCUT2D eigenvalue weighted by Gasteiger charge is 2.31. The van der Waals surface area contributed by atoms with Crippen LogP contribution in [0.3, 0.4) is 0 Å². The molecule has 1 saturated heterocycles. The van der Waals surface area contributed by atoms with Gasteiger partial charge in [-0.15, -0.1) is 10.2 Å². The molecule has 0 aliphatic carbocycles. The Kier molecular flexibility index (Phi) is 4.86. The molecule has 0 spiro atoms. The van der Waals surface area contributed by atoms with Crippen LogP contribution in [0.25, 0.3) is 0 Å². The Balaban J connectivity index is 1.94. The fourth-order valence-electron chi connectivity index (χ4n) is 2.39. The third-order valence-electron chi connectivity index (χ3n) is 3.38. The molecular weight excluding hydrogens is 260 g/mol. The van der Waals surface area contributed by atoms with Crippen LogP contribution in [0.1, 0.15) is 45.9 Å². The fraction of sp³-hybridized carbons (Fsp3) is 0.846. The number of thioether (sulfide) groups is 1. The predicted octanol–water partition coefficient (Wildman–Crippen LogP) is 2.20. The summed E-state index contributed by atoms with van der Waals surface area (Å²) in [6.45, 7) is 7.84. The van der Waals surface area contributed by atoms with Crippen LogP contribution in [-0.4, -0.2) is 32.2 Å². The zero-order valence-corrected chi connectivity index (χ0v) is 12.9. The molecule has 2 N–H and O–H groups in total. The zero-order chi connectivity index (χ0) is 13.9. The summed E-state index contributed by atoms with van der Waals surface area (Å²) in [5, 5.41) is 9.36. The van der Waals surface area contributed by atoms with E-state index in [1.807, 2.05) is 0 Å². The van der Waals surface area contributed by atoms with E-state index < -0.39 is 0 Å². The molecule has 1 aliphatic rings. The van der Waals surface area contributed by atoms with Gasteiger partial charge in [0.15, 0.2) is 5.16 Å². The topological polar surface area (TPSA) is 66.0 Å². The third kappa shape index (κ3) is 3.70. The summed E-state index contributed by atoms with van der Waals surface area (Å²) < 4.78 is 8.13. The van der Waals surface area contributed by atoms with Crippen LogP contribution in [0.4, 0.5) is 0 Å². The highest BCUT2D eigenvalue weighted by atomic mass is 32.2. The third-order valence-corrected chi connectivity index (χ3v) is 4.47. The highest BCUT2D eigenvalue weighted by molar-refractivity contribution is 7.99. The van der Waals surface area contributed by atoms with Gasteiger partial charge >= 0.3 is 0 Å². The van der Waals surface area contributed by atoms with Crippen molar-refractivity contribution in [2.24, 2.45) is 5.73 Å². The van der Waals surface area contributed by atoms with Crippen molar-refractivity contribution in [3.8, 4) is 0 Å². The van der Waals surface area contributed by atoms with Crippen molar-refractivity contribution in [1.29, 1.82) is 0 Å². The summed E-state index contributed by atoms with van der Waals surface area (Å²) in [5.74, 6) is 1.81. The van der Waals surface area contributed by atoms with Crippen LogP contribution in [-0.2, 0) is 17.8 Å². The first-order valence-electron chi connectivity index (χ1n) is 6.98.